The summed E-state index contributed by atoms with van der Waals surface area (Å²) in [6.45, 7) is 4.82. The Morgan fingerprint density at radius 1 is 1.10 bits per heavy atom. The Morgan fingerprint density at radius 2 is 1.77 bits per heavy atom. The number of nitrogens with zero attached hydrogens (tertiary/aromatic N) is 2. The van der Waals surface area contributed by atoms with Crippen molar-refractivity contribution in [3.05, 3.63) is 78.1 Å². The first kappa shape index (κ1) is 29.2. The summed E-state index contributed by atoms with van der Waals surface area (Å²) in [5, 5.41) is 9.84. The van der Waals surface area contributed by atoms with Gasteiger partial charge in [0.15, 0.2) is 0 Å². The number of sulfonamides is 2. The van der Waals surface area contributed by atoms with Crippen molar-refractivity contribution >= 4 is 20.0 Å². The van der Waals surface area contributed by atoms with Gasteiger partial charge in [-0.2, -0.15) is 8.61 Å². The molecule has 0 unspecified atom stereocenters. The molecule has 11 heteroatoms. The lowest BCUT2D eigenvalue weighted by atomic mass is 10.0. The van der Waals surface area contributed by atoms with E-state index in [1.165, 1.54) is 39.9 Å². The second-order valence-corrected chi connectivity index (χ2v) is 13.9. The minimum absolute atomic E-state index is 0.0121. The summed E-state index contributed by atoms with van der Waals surface area (Å²) in [7, 11) is -6.47. The molecule has 1 aliphatic rings. The van der Waals surface area contributed by atoms with Crippen LogP contribution in [0.15, 0.2) is 76.5 Å². The van der Waals surface area contributed by atoms with Crippen molar-refractivity contribution in [1.82, 2.24) is 8.61 Å². The van der Waals surface area contributed by atoms with Gasteiger partial charge in [0.1, 0.15) is 22.6 Å². The zero-order chi connectivity index (χ0) is 28.5. The highest BCUT2D eigenvalue weighted by atomic mass is 32.2. The van der Waals surface area contributed by atoms with Crippen LogP contribution in [-0.4, -0.2) is 69.4 Å². The molecule has 1 heterocycles. The van der Waals surface area contributed by atoms with E-state index in [0.717, 1.165) is 5.56 Å². The summed E-state index contributed by atoms with van der Waals surface area (Å²) in [6.07, 6.45) is -0.736. The van der Waals surface area contributed by atoms with E-state index in [4.69, 9.17) is 4.74 Å². The summed E-state index contributed by atoms with van der Waals surface area (Å²) in [5.74, 6) is -0.856. The van der Waals surface area contributed by atoms with Gasteiger partial charge in [-0.3, -0.25) is 0 Å². The average Bonchev–Trinajstić information content (AvgIpc) is 2.90. The third-order valence-corrected chi connectivity index (χ3v) is 10.8. The molecule has 0 bridgehead atoms. The third kappa shape index (κ3) is 6.02. The highest BCUT2D eigenvalue weighted by molar-refractivity contribution is 7.89. The Kier molecular flexibility index (Phi) is 8.48. The fourth-order valence-corrected chi connectivity index (χ4v) is 7.54. The molecule has 3 aromatic rings. The molecule has 0 saturated heterocycles. The maximum absolute atomic E-state index is 13.9. The predicted molar refractivity (Wildman–Crippen MR) is 147 cm³/mol. The van der Waals surface area contributed by atoms with Gasteiger partial charge in [0.25, 0.3) is 0 Å². The van der Waals surface area contributed by atoms with Crippen molar-refractivity contribution in [1.29, 1.82) is 0 Å². The molecule has 0 spiro atoms. The molecular formula is C28H33FN2O6S2. The van der Waals surface area contributed by atoms with Crippen LogP contribution in [0.2, 0.25) is 0 Å². The molecule has 3 aromatic carbocycles. The van der Waals surface area contributed by atoms with E-state index in [1.54, 1.807) is 56.3 Å². The van der Waals surface area contributed by atoms with Crippen LogP contribution in [0.3, 0.4) is 0 Å². The van der Waals surface area contributed by atoms with Gasteiger partial charge in [-0.1, -0.05) is 42.8 Å². The molecular weight excluding hydrogens is 543 g/mol. The predicted octanol–water partition coefficient (Wildman–Crippen LogP) is 3.89. The summed E-state index contributed by atoms with van der Waals surface area (Å²) in [6, 6.07) is 16.2. The molecule has 210 valence electrons. The third-order valence-electron chi connectivity index (χ3n) is 6.99. The number of hydrogen-bond donors (Lipinski definition) is 1. The number of aliphatic hydroxyl groups excluding tert-OH is 1. The van der Waals surface area contributed by atoms with Crippen LogP contribution < -0.4 is 4.74 Å². The minimum atomic E-state index is -4.08. The number of hydrogen-bond acceptors (Lipinski definition) is 6. The second-order valence-electron chi connectivity index (χ2n) is 10.0. The molecule has 0 aromatic heterocycles. The molecule has 4 rings (SSSR count). The smallest absolute Gasteiger partial charge is 0.247 e. The van der Waals surface area contributed by atoms with Crippen LogP contribution in [-0.2, 0) is 20.0 Å². The number of benzene rings is 3. The molecule has 1 N–H and O–H groups in total. The Labute approximate surface area is 229 Å². The van der Waals surface area contributed by atoms with E-state index in [-0.39, 0.29) is 28.6 Å². The van der Waals surface area contributed by atoms with Crippen LogP contribution >= 0.6 is 0 Å². The highest BCUT2D eigenvalue weighted by Crippen LogP contribution is 2.37. The molecule has 0 radical (unpaired) electrons. The quantitative estimate of drug-likeness (QED) is 0.458. The van der Waals surface area contributed by atoms with Crippen LogP contribution in [0.25, 0.3) is 11.1 Å². The van der Waals surface area contributed by atoms with Crippen molar-refractivity contribution in [2.75, 3.05) is 26.7 Å². The number of ether oxygens (including phenoxy) is 1. The summed E-state index contributed by atoms with van der Waals surface area (Å²) < 4.78 is 76.7. The van der Waals surface area contributed by atoms with E-state index in [2.05, 4.69) is 0 Å². The Bertz CT molecular complexity index is 1540. The van der Waals surface area contributed by atoms with Crippen molar-refractivity contribution in [3.63, 3.8) is 0 Å². The highest BCUT2D eigenvalue weighted by Gasteiger charge is 2.39. The standard InChI is InChI=1S/C28H33FN2O6S2/c1-19-8-11-25(12-9-19)38(33,34)30(4)17-27-20(2)16-31(21(3)18-32)39(35,36)28-13-10-23(15-26(28)37-27)22-6-5-7-24(29)14-22/h5-15,20-21,27,32H,16-18H2,1-4H3/t20-,21+,27+/m0/s1. The lowest BCUT2D eigenvalue weighted by molar-refractivity contribution is 0.0905. The number of halogens is 1. The maximum atomic E-state index is 13.9. The molecule has 0 fully saturated rings. The van der Waals surface area contributed by atoms with Crippen molar-refractivity contribution in [2.24, 2.45) is 5.92 Å². The van der Waals surface area contributed by atoms with Gasteiger partial charge in [0.2, 0.25) is 20.0 Å². The molecule has 39 heavy (non-hydrogen) atoms. The molecule has 0 amide bonds. The molecule has 8 nitrogen and oxygen atoms in total. The summed E-state index contributed by atoms with van der Waals surface area (Å²) >= 11 is 0. The number of aryl methyl sites for hydroxylation is 1. The second kappa shape index (κ2) is 11.3. The fourth-order valence-electron chi connectivity index (χ4n) is 4.53. The molecule has 3 atom stereocenters. The number of fused-ring (bicyclic) bond motifs is 1. The van der Waals surface area contributed by atoms with Gasteiger partial charge < -0.3 is 9.84 Å². The van der Waals surface area contributed by atoms with Crippen LogP contribution in [0.1, 0.15) is 19.4 Å². The Balaban J connectivity index is 1.77. The first-order valence-corrected chi connectivity index (χ1v) is 15.4. The molecule has 0 saturated carbocycles. The zero-order valence-corrected chi connectivity index (χ0v) is 23.9. The maximum Gasteiger partial charge on any atom is 0.247 e. The number of aliphatic hydroxyl groups is 1. The summed E-state index contributed by atoms with van der Waals surface area (Å²) in [5.41, 5.74) is 2.00. The van der Waals surface area contributed by atoms with Crippen molar-refractivity contribution in [3.8, 4) is 16.9 Å². The lowest BCUT2D eigenvalue weighted by Gasteiger charge is -2.37. The van der Waals surface area contributed by atoms with Gasteiger partial charge in [-0.15, -0.1) is 0 Å². The van der Waals surface area contributed by atoms with Gasteiger partial charge in [0, 0.05) is 25.6 Å². The first-order chi connectivity index (χ1) is 18.3. The van der Waals surface area contributed by atoms with Crippen LogP contribution in [0.4, 0.5) is 4.39 Å². The lowest BCUT2D eigenvalue weighted by Crippen LogP contribution is -2.50. The normalized spacial score (nSPS) is 20.5. The van der Waals surface area contributed by atoms with E-state index in [1.807, 2.05) is 6.92 Å². The van der Waals surface area contributed by atoms with Gasteiger partial charge in [0.05, 0.1) is 18.0 Å². The average molecular weight is 577 g/mol. The van der Waals surface area contributed by atoms with Crippen molar-refractivity contribution < 1.29 is 31.1 Å². The zero-order valence-electron chi connectivity index (χ0n) is 22.3. The largest absolute Gasteiger partial charge is 0.487 e. The minimum Gasteiger partial charge on any atom is -0.487 e. The van der Waals surface area contributed by atoms with E-state index >= 15 is 0 Å². The SMILES string of the molecule is Cc1ccc(S(=O)(=O)N(C)C[C@H]2Oc3cc(-c4cccc(F)c4)ccc3S(=O)(=O)N([C@H](C)CO)C[C@@H]2C)cc1. The van der Waals surface area contributed by atoms with E-state index in [0.29, 0.717) is 11.1 Å². The van der Waals surface area contributed by atoms with Crippen LogP contribution in [0.5, 0.6) is 5.75 Å². The molecule has 0 aliphatic carbocycles. The van der Waals surface area contributed by atoms with Gasteiger partial charge in [-0.25, -0.2) is 21.2 Å². The molecule has 1 aliphatic heterocycles. The number of likely N-dealkylation sites (N-methyl/N-ethyl adjacent to an activating group) is 1. The fraction of sp³-hybridized carbons (Fsp3) is 0.357. The van der Waals surface area contributed by atoms with Gasteiger partial charge in [-0.05, 0) is 61.4 Å². The van der Waals surface area contributed by atoms with Gasteiger partial charge >= 0.3 is 0 Å². The monoisotopic (exact) mass is 576 g/mol. The van der Waals surface area contributed by atoms with Crippen LogP contribution in [0, 0.1) is 18.7 Å². The first-order valence-electron chi connectivity index (χ1n) is 12.6. The van der Waals surface area contributed by atoms with Crippen molar-refractivity contribution in [2.45, 2.75) is 42.7 Å². The van der Waals surface area contributed by atoms with E-state index < -0.39 is 50.5 Å². The number of rotatable bonds is 7. The topological polar surface area (TPSA) is 104 Å². The van der Waals surface area contributed by atoms with E-state index in [9.17, 15) is 26.3 Å². The Morgan fingerprint density at radius 3 is 2.41 bits per heavy atom. The summed E-state index contributed by atoms with van der Waals surface area (Å²) in [4.78, 5) is 0.0323. The Hall–Kier alpha value is -2.83.